The van der Waals surface area contributed by atoms with Crippen molar-refractivity contribution in [2.45, 2.75) is 97.4 Å². The number of ether oxygens (including phenoxy) is 3. The van der Waals surface area contributed by atoms with E-state index in [-0.39, 0.29) is 36.5 Å². The van der Waals surface area contributed by atoms with Crippen LogP contribution in [0.5, 0.6) is 0 Å². The van der Waals surface area contributed by atoms with Gasteiger partial charge in [-0.15, -0.1) is 17.8 Å². The fourth-order valence-electron chi connectivity index (χ4n) is 3.57. The van der Waals surface area contributed by atoms with Crippen molar-refractivity contribution in [3.05, 3.63) is 34.9 Å². The standard InChI is InChI=1S/C36H54O9Si3/c1-46(2,3)43-25-19-13-10-16-22-40-34(37)31-28-32(35(38)41-23-17-11-14-20-26-44-47(4,5)6)30-33(29-31)36(39)42-24-18-12-15-21-27-45-48(7,8)9/h28-30H,16-27H2,1-9H3. The summed E-state index contributed by atoms with van der Waals surface area (Å²) in [6.07, 6.45) is 2.82. The largest absolute Gasteiger partial charge is 0.461 e. The van der Waals surface area contributed by atoms with Gasteiger partial charge in [0.05, 0.1) is 16.7 Å². The number of hydrogen-bond acceptors (Lipinski definition) is 9. The van der Waals surface area contributed by atoms with Crippen LogP contribution in [-0.4, -0.2) is 82.5 Å². The van der Waals surface area contributed by atoms with Gasteiger partial charge in [-0.05, 0) is 77.1 Å². The second-order valence-corrected chi connectivity index (χ2v) is 27.2. The van der Waals surface area contributed by atoms with Gasteiger partial charge in [-0.1, -0.05) is 17.8 Å². The molecule has 0 aliphatic heterocycles. The van der Waals surface area contributed by atoms with Crippen LogP contribution in [0.1, 0.15) is 69.6 Å². The first-order valence-electron chi connectivity index (χ1n) is 16.4. The van der Waals surface area contributed by atoms with Gasteiger partial charge in [0.15, 0.2) is 25.0 Å². The second-order valence-electron chi connectivity index (χ2n) is 13.6. The van der Waals surface area contributed by atoms with Gasteiger partial charge in [0.2, 0.25) is 0 Å². The molecule has 1 rings (SSSR count). The molecule has 9 nitrogen and oxygen atoms in total. The Morgan fingerprint density at radius 1 is 0.417 bits per heavy atom. The molecule has 1 aromatic rings. The van der Waals surface area contributed by atoms with Gasteiger partial charge in [-0.3, -0.25) is 0 Å². The van der Waals surface area contributed by atoms with Gasteiger partial charge >= 0.3 is 17.9 Å². The van der Waals surface area contributed by atoms with Gasteiger partial charge in [0.25, 0.3) is 0 Å². The lowest BCUT2D eigenvalue weighted by Gasteiger charge is -2.15. The van der Waals surface area contributed by atoms with Crippen molar-refractivity contribution in [2.75, 3.05) is 39.6 Å². The first-order chi connectivity index (χ1) is 22.5. The maximum Gasteiger partial charge on any atom is 0.338 e. The van der Waals surface area contributed by atoms with Crippen molar-refractivity contribution in [3.63, 3.8) is 0 Å². The number of rotatable bonds is 18. The summed E-state index contributed by atoms with van der Waals surface area (Å²) in [4.78, 5) is 38.7. The summed E-state index contributed by atoms with van der Waals surface area (Å²) in [5, 5.41) is 0. The normalized spacial score (nSPS) is 11.2. The van der Waals surface area contributed by atoms with Gasteiger partial charge in [-0.2, -0.15) is 0 Å². The van der Waals surface area contributed by atoms with Crippen molar-refractivity contribution in [3.8, 4) is 35.5 Å². The summed E-state index contributed by atoms with van der Waals surface area (Å²) in [6.45, 7) is 20.9. The predicted octanol–water partition coefficient (Wildman–Crippen LogP) is 7.06. The lowest BCUT2D eigenvalue weighted by atomic mass is 10.1. The van der Waals surface area contributed by atoms with Crippen LogP contribution < -0.4 is 0 Å². The zero-order valence-corrected chi connectivity index (χ0v) is 33.4. The highest BCUT2D eigenvalue weighted by Crippen LogP contribution is 2.15. The zero-order valence-electron chi connectivity index (χ0n) is 30.4. The van der Waals surface area contributed by atoms with Crippen LogP contribution in [0, 0.1) is 35.5 Å². The minimum absolute atomic E-state index is 0.0253. The first-order valence-corrected chi connectivity index (χ1v) is 26.6. The Morgan fingerprint density at radius 3 is 0.833 bits per heavy atom. The van der Waals surface area contributed by atoms with E-state index in [2.05, 4.69) is 94.4 Å². The van der Waals surface area contributed by atoms with E-state index in [1.54, 1.807) is 0 Å². The third-order valence-corrected chi connectivity index (χ3v) is 8.89. The molecular weight excluding hydrogens is 661 g/mol. The fraction of sp³-hybridized carbons (Fsp3) is 0.583. The average Bonchev–Trinajstić information content (AvgIpc) is 2.98. The van der Waals surface area contributed by atoms with E-state index < -0.39 is 42.9 Å². The first kappa shape index (κ1) is 42.9. The molecule has 0 amide bonds. The summed E-state index contributed by atoms with van der Waals surface area (Å²) in [6, 6.07) is 4.02. The van der Waals surface area contributed by atoms with E-state index >= 15 is 0 Å². The van der Waals surface area contributed by atoms with Crippen LogP contribution in [-0.2, 0) is 27.5 Å². The number of carbonyl (C=O) groups is 3. The highest BCUT2D eigenvalue weighted by molar-refractivity contribution is 6.70. The third kappa shape index (κ3) is 23.2. The van der Waals surface area contributed by atoms with E-state index in [0.717, 1.165) is 0 Å². The van der Waals surface area contributed by atoms with Gasteiger partial charge in [0.1, 0.15) is 19.8 Å². The molecule has 1 aromatic carbocycles. The van der Waals surface area contributed by atoms with E-state index in [0.29, 0.717) is 58.3 Å². The molecule has 0 heterocycles. The van der Waals surface area contributed by atoms with Crippen molar-refractivity contribution in [1.82, 2.24) is 0 Å². The topological polar surface area (TPSA) is 107 Å². The zero-order chi connectivity index (χ0) is 36.1. The maximum absolute atomic E-state index is 12.9. The van der Waals surface area contributed by atoms with Gasteiger partial charge < -0.3 is 27.5 Å². The quantitative estimate of drug-likeness (QED) is 0.0519. The molecule has 12 heteroatoms. The summed E-state index contributed by atoms with van der Waals surface area (Å²) in [5.74, 6) is 15.9. The van der Waals surface area contributed by atoms with Crippen LogP contribution >= 0.6 is 0 Å². The van der Waals surface area contributed by atoms with E-state index in [1.807, 2.05) is 0 Å². The summed E-state index contributed by atoms with van der Waals surface area (Å²) in [5.41, 5.74) is 0.0758. The van der Waals surface area contributed by atoms with Crippen LogP contribution in [0.2, 0.25) is 58.9 Å². The third-order valence-electron chi connectivity index (χ3n) is 5.68. The summed E-state index contributed by atoms with van der Waals surface area (Å²) < 4.78 is 33.4. The molecule has 0 atom stereocenters. The Kier molecular flexibility index (Phi) is 20.1. The summed E-state index contributed by atoms with van der Waals surface area (Å²) >= 11 is 0. The van der Waals surface area contributed by atoms with E-state index in [4.69, 9.17) is 27.5 Å². The molecule has 0 bridgehead atoms. The smallest absolute Gasteiger partial charge is 0.338 e. The maximum atomic E-state index is 12.9. The molecular formula is C36H54O9Si3. The van der Waals surface area contributed by atoms with Crippen LogP contribution in [0.15, 0.2) is 18.2 Å². The monoisotopic (exact) mass is 714 g/mol. The van der Waals surface area contributed by atoms with Crippen molar-refractivity contribution in [2.24, 2.45) is 0 Å². The van der Waals surface area contributed by atoms with Crippen LogP contribution in [0.4, 0.5) is 0 Å². The Morgan fingerprint density at radius 2 is 0.625 bits per heavy atom. The second kappa shape index (κ2) is 22.5. The van der Waals surface area contributed by atoms with Crippen LogP contribution in [0.25, 0.3) is 0 Å². The molecule has 0 N–H and O–H groups in total. The molecule has 0 saturated heterocycles. The molecule has 0 aliphatic rings. The molecule has 0 spiro atoms. The lowest BCUT2D eigenvalue weighted by Crippen LogP contribution is -2.25. The SMILES string of the molecule is C[Si](C)(C)OCCC#CCCOC(=O)c1cc(C(=O)OCCC#CCCO[Si](C)(C)C)cc(C(=O)OCCC#CCCO[Si](C)(C)C)c1. The Labute approximate surface area is 291 Å². The molecule has 0 saturated carbocycles. The average molecular weight is 715 g/mol. The van der Waals surface area contributed by atoms with Crippen molar-refractivity contribution < 1.29 is 41.9 Å². The predicted molar refractivity (Wildman–Crippen MR) is 196 cm³/mol. The Hall–Kier alpha value is -3.16. The van der Waals surface area contributed by atoms with Crippen LogP contribution in [0.3, 0.4) is 0 Å². The molecule has 0 aromatic heterocycles. The molecule has 0 aliphatic carbocycles. The minimum Gasteiger partial charge on any atom is -0.461 e. The molecule has 264 valence electrons. The van der Waals surface area contributed by atoms with E-state index in [9.17, 15) is 14.4 Å². The lowest BCUT2D eigenvalue weighted by molar-refractivity contribution is 0.0510. The van der Waals surface area contributed by atoms with Crippen molar-refractivity contribution in [1.29, 1.82) is 0 Å². The number of benzene rings is 1. The van der Waals surface area contributed by atoms with Gasteiger partial charge in [0, 0.05) is 58.3 Å². The summed E-state index contributed by atoms with van der Waals surface area (Å²) in [7, 11) is -4.72. The van der Waals surface area contributed by atoms with Gasteiger partial charge in [-0.25, -0.2) is 14.4 Å². The molecule has 0 unspecified atom stereocenters. The number of carbonyl (C=O) groups excluding carboxylic acids is 3. The van der Waals surface area contributed by atoms with Crippen molar-refractivity contribution >= 4 is 42.9 Å². The Bertz CT molecular complexity index is 1190. The number of hydrogen-bond donors (Lipinski definition) is 0. The molecule has 0 radical (unpaired) electrons. The Balaban J connectivity index is 2.82. The fourth-order valence-corrected chi connectivity index (χ4v) is 5.71. The molecule has 0 fully saturated rings. The minimum atomic E-state index is -1.57. The highest BCUT2D eigenvalue weighted by Gasteiger charge is 2.19. The number of esters is 3. The molecule has 48 heavy (non-hydrogen) atoms. The highest BCUT2D eigenvalue weighted by atomic mass is 28.4. The van der Waals surface area contributed by atoms with E-state index in [1.165, 1.54) is 18.2 Å².